The van der Waals surface area contributed by atoms with Crippen LogP contribution in [0.2, 0.25) is 0 Å². The molecule has 19 heavy (non-hydrogen) atoms. The van der Waals surface area contributed by atoms with E-state index in [4.69, 9.17) is 4.74 Å². The molecule has 1 atom stereocenters. The van der Waals surface area contributed by atoms with Crippen molar-refractivity contribution in [3.05, 3.63) is 64.1 Å². The van der Waals surface area contributed by atoms with Crippen molar-refractivity contribution in [2.75, 3.05) is 0 Å². The van der Waals surface area contributed by atoms with Crippen molar-refractivity contribution in [3.8, 4) is 5.75 Å². The molecule has 0 unspecified atom stereocenters. The van der Waals surface area contributed by atoms with Gasteiger partial charge in [-0.3, -0.25) is 0 Å². The summed E-state index contributed by atoms with van der Waals surface area (Å²) in [7, 11) is 0. The Morgan fingerprint density at radius 1 is 1.11 bits per heavy atom. The van der Waals surface area contributed by atoms with Crippen LogP contribution in [0.5, 0.6) is 5.75 Å². The molecule has 3 heteroatoms. The smallest absolute Gasteiger partial charge is 0.125 e. The van der Waals surface area contributed by atoms with Crippen LogP contribution in [0, 0.1) is 0 Å². The first-order chi connectivity index (χ1) is 9.20. The van der Waals surface area contributed by atoms with Gasteiger partial charge in [0.1, 0.15) is 12.4 Å². The Bertz CT molecular complexity index is 523. The molecule has 0 radical (unpaired) electrons. The van der Waals surface area contributed by atoms with Gasteiger partial charge < -0.3 is 9.84 Å². The van der Waals surface area contributed by atoms with E-state index in [1.807, 2.05) is 55.5 Å². The monoisotopic (exact) mass is 320 g/mol. The van der Waals surface area contributed by atoms with Crippen LogP contribution >= 0.6 is 15.9 Å². The van der Waals surface area contributed by atoms with Gasteiger partial charge in [0.25, 0.3) is 0 Å². The number of aliphatic hydroxyl groups excluding tert-OH is 1. The number of halogens is 1. The number of para-hydroxylation sites is 1. The van der Waals surface area contributed by atoms with Crippen molar-refractivity contribution in [2.24, 2.45) is 0 Å². The molecule has 0 saturated carbocycles. The minimum Gasteiger partial charge on any atom is -0.489 e. The fourth-order valence-corrected chi connectivity index (χ4v) is 2.11. The van der Waals surface area contributed by atoms with Gasteiger partial charge in [0.2, 0.25) is 0 Å². The Kier molecular flexibility index (Phi) is 5.00. The molecule has 2 rings (SSSR count). The molecule has 0 aliphatic heterocycles. The number of rotatable bonds is 5. The Labute approximate surface area is 122 Å². The molecule has 0 bridgehead atoms. The van der Waals surface area contributed by atoms with Crippen molar-refractivity contribution in [3.63, 3.8) is 0 Å². The minimum atomic E-state index is -0.471. The molecule has 0 heterocycles. The third-order valence-corrected chi connectivity index (χ3v) is 3.50. The molecular formula is C16H17BrO2. The van der Waals surface area contributed by atoms with E-state index < -0.39 is 6.10 Å². The Balaban J connectivity index is 2.09. The molecule has 2 aromatic carbocycles. The number of benzene rings is 2. The van der Waals surface area contributed by atoms with Crippen LogP contribution in [0.1, 0.15) is 30.6 Å². The quantitative estimate of drug-likeness (QED) is 0.880. The number of hydrogen-bond donors (Lipinski definition) is 1. The van der Waals surface area contributed by atoms with Crippen molar-refractivity contribution < 1.29 is 9.84 Å². The van der Waals surface area contributed by atoms with Crippen molar-refractivity contribution in [1.29, 1.82) is 0 Å². The highest BCUT2D eigenvalue weighted by atomic mass is 79.9. The highest BCUT2D eigenvalue weighted by Crippen LogP contribution is 2.27. The number of ether oxygens (including phenoxy) is 1. The zero-order valence-electron chi connectivity index (χ0n) is 10.8. The van der Waals surface area contributed by atoms with Gasteiger partial charge in [0.15, 0.2) is 0 Å². The van der Waals surface area contributed by atoms with Crippen molar-refractivity contribution >= 4 is 15.9 Å². The van der Waals surface area contributed by atoms with E-state index in [-0.39, 0.29) is 0 Å². The topological polar surface area (TPSA) is 29.5 Å². The summed E-state index contributed by atoms with van der Waals surface area (Å²) in [6, 6.07) is 15.7. The van der Waals surface area contributed by atoms with E-state index in [0.717, 1.165) is 21.3 Å². The highest BCUT2D eigenvalue weighted by Gasteiger charge is 2.10. The Morgan fingerprint density at radius 2 is 1.79 bits per heavy atom. The van der Waals surface area contributed by atoms with Gasteiger partial charge in [0.05, 0.1) is 6.10 Å². The maximum absolute atomic E-state index is 9.96. The maximum atomic E-state index is 9.96. The average Bonchev–Trinajstić information content (AvgIpc) is 2.46. The number of aliphatic hydroxyl groups is 1. The standard InChI is InChI=1S/C16H17BrO2/c1-2-15(18)14-5-3-4-6-16(14)19-11-12-7-9-13(17)10-8-12/h3-10,15,18H,2,11H2,1H3/t15-/m0/s1. The fourth-order valence-electron chi connectivity index (χ4n) is 1.85. The molecule has 0 spiro atoms. The molecule has 0 aliphatic carbocycles. The minimum absolute atomic E-state index is 0.471. The van der Waals surface area contributed by atoms with Gasteiger partial charge in [-0.05, 0) is 30.2 Å². The second-order valence-electron chi connectivity index (χ2n) is 4.38. The first kappa shape index (κ1) is 14.1. The van der Waals surface area contributed by atoms with Crippen LogP contribution in [0.3, 0.4) is 0 Å². The summed E-state index contributed by atoms with van der Waals surface area (Å²) in [5.74, 6) is 0.750. The van der Waals surface area contributed by atoms with Crippen molar-refractivity contribution in [2.45, 2.75) is 26.1 Å². The van der Waals surface area contributed by atoms with Gasteiger partial charge in [-0.25, -0.2) is 0 Å². The average molecular weight is 321 g/mol. The normalized spacial score (nSPS) is 12.2. The zero-order valence-corrected chi connectivity index (χ0v) is 12.4. The molecule has 0 fully saturated rings. The fraction of sp³-hybridized carbons (Fsp3) is 0.250. The molecule has 0 saturated heterocycles. The maximum Gasteiger partial charge on any atom is 0.125 e. The summed E-state index contributed by atoms with van der Waals surface area (Å²) >= 11 is 3.41. The lowest BCUT2D eigenvalue weighted by Gasteiger charge is -2.15. The molecule has 0 aliphatic rings. The van der Waals surface area contributed by atoms with Gasteiger partial charge >= 0.3 is 0 Å². The Hall–Kier alpha value is -1.32. The van der Waals surface area contributed by atoms with E-state index in [1.165, 1.54) is 0 Å². The third-order valence-electron chi connectivity index (χ3n) is 2.97. The SMILES string of the molecule is CC[C@H](O)c1ccccc1OCc1ccc(Br)cc1. The molecule has 2 nitrogen and oxygen atoms in total. The highest BCUT2D eigenvalue weighted by molar-refractivity contribution is 9.10. The molecule has 0 amide bonds. The second kappa shape index (κ2) is 6.73. The third kappa shape index (κ3) is 3.82. The lowest BCUT2D eigenvalue weighted by Crippen LogP contribution is -2.02. The summed E-state index contributed by atoms with van der Waals surface area (Å²) in [6.45, 7) is 2.46. The van der Waals surface area contributed by atoms with Crippen molar-refractivity contribution in [1.82, 2.24) is 0 Å². The summed E-state index contributed by atoms with van der Waals surface area (Å²) in [5, 5.41) is 9.96. The van der Waals surface area contributed by atoms with E-state index in [9.17, 15) is 5.11 Å². The zero-order chi connectivity index (χ0) is 13.7. The van der Waals surface area contributed by atoms with Crippen LogP contribution < -0.4 is 4.74 Å². The lowest BCUT2D eigenvalue weighted by molar-refractivity contribution is 0.166. The first-order valence-corrected chi connectivity index (χ1v) is 7.14. The van der Waals surface area contributed by atoms with Crippen LogP contribution in [-0.4, -0.2) is 5.11 Å². The molecular weight excluding hydrogens is 304 g/mol. The molecule has 0 aromatic heterocycles. The largest absolute Gasteiger partial charge is 0.489 e. The second-order valence-corrected chi connectivity index (χ2v) is 5.29. The van der Waals surface area contributed by atoms with Crippen LogP contribution in [0.4, 0.5) is 0 Å². The van der Waals surface area contributed by atoms with Crippen LogP contribution in [-0.2, 0) is 6.61 Å². The predicted octanol–water partition coefficient (Wildman–Crippen LogP) is 4.47. The molecule has 2 aromatic rings. The molecule has 1 N–H and O–H groups in total. The summed E-state index contributed by atoms with van der Waals surface area (Å²) in [6.07, 6.45) is 0.208. The number of hydrogen-bond acceptors (Lipinski definition) is 2. The van der Waals surface area contributed by atoms with Gasteiger partial charge in [-0.2, -0.15) is 0 Å². The lowest BCUT2D eigenvalue weighted by atomic mass is 10.1. The van der Waals surface area contributed by atoms with Gasteiger partial charge in [0, 0.05) is 10.0 Å². The summed E-state index contributed by atoms with van der Waals surface area (Å²) in [5.41, 5.74) is 1.95. The first-order valence-electron chi connectivity index (χ1n) is 6.35. The van der Waals surface area contributed by atoms with E-state index >= 15 is 0 Å². The van der Waals surface area contributed by atoms with E-state index in [2.05, 4.69) is 15.9 Å². The molecule has 100 valence electrons. The summed E-state index contributed by atoms with van der Waals surface area (Å²) < 4.78 is 6.86. The van der Waals surface area contributed by atoms with Gasteiger partial charge in [-0.1, -0.05) is 53.2 Å². The van der Waals surface area contributed by atoms with E-state index in [1.54, 1.807) is 0 Å². The summed E-state index contributed by atoms with van der Waals surface area (Å²) in [4.78, 5) is 0. The predicted molar refractivity (Wildman–Crippen MR) is 80.2 cm³/mol. The van der Waals surface area contributed by atoms with Gasteiger partial charge in [-0.15, -0.1) is 0 Å². The van der Waals surface area contributed by atoms with E-state index in [0.29, 0.717) is 13.0 Å². The van der Waals surface area contributed by atoms with Crippen LogP contribution in [0.25, 0.3) is 0 Å². The Morgan fingerprint density at radius 3 is 2.47 bits per heavy atom. The van der Waals surface area contributed by atoms with Crippen LogP contribution in [0.15, 0.2) is 53.0 Å².